The molecule has 0 spiro atoms. The van der Waals surface area contributed by atoms with Crippen LogP contribution in [0.15, 0.2) is 34.4 Å². The van der Waals surface area contributed by atoms with Crippen molar-refractivity contribution in [3.63, 3.8) is 0 Å². The Hall–Kier alpha value is -0.580. The lowest BCUT2D eigenvalue weighted by atomic mass is 10.3. The van der Waals surface area contributed by atoms with Crippen LogP contribution in [0.4, 0.5) is 0 Å². The fourth-order valence-corrected chi connectivity index (χ4v) is 2.70. The minimum absolute atomic E-state index is 0.916. The maximum Gasteiger partial charge on any atom is 0.0701 e. The first kappa shape index (κ1) is 9.96. The summed E-state index contributed by atoms with van der Waals surface area (Å²) in [5.74, 6) is 0. The van der Waals surface area contributed by atoms with Crippen LogP contribution in [0.25, 0.3) is 0 Å². The van der Waals surface area contributed by atoms with Crippen molar-refractivity contribution in [3.8, 4) is 0 Å². The number of aromatic nitrogens is 1. The molecule has 0 atom stereocenters. The van der Waals surface area contributed by atoms with Crippen molar-refractivity contribution >= 4 is 27.3 Å². The van der Waals surface area contributed by atoms with E-state index in [4.69, 9.17) is 0 Å². The molecule has 0 unspecified atom stereocenters. The van der Waals surface area contributed by atoms with Gasteiger partial charge in [0.25, 0.3) is 0 Å². The second kappa shape index (κ2) is 4.77. The van der Waals surface area contributed by atoms with E-state index in [0.29, 0.717) is 0 Å². The summed E-state index contributed by atoms with van der Waals surface area (Å²) in [7, 11) is 0. The number of rotatable bonds is 4. The normalized spacial score (nSPS) is 10.6. The summed E-state index contributed by atoms with van der Waals surface area (Å²) in [4.78, 5) is 4.39. The number of hydrogen-bond acceptors (Lipinski definition) is 2. The van der Waals surface area contributed by atoms with Gasteiger partial charge in [0.05, 0.1) is 3.79 Å². The van der Waals surface area contributed by atoms with Crippen LogP contribution in [-0.2, 0) is 13.1 Å². The lowest BCUT2D eigenvalue weighted by Crippen LogP contribution is -2.10. The smallest absolute Gasteiger partial charge is 0.0701 e. The Morgan fingerprint density at radius 3 is 2.86 bits per heavy atom. The van der Waals surface area contributed by atoms with E-state index in [9.17, 15) is 0 Å². The van der Waals surface area contributed by atoms with Gasteiger partial charge in [-0.3, -0.25) is 0 Å². The molecule has 14 heavy (non-hydrogen) atoms. The molecule has 0 radical (unpaired) electrons. The first-order chi connectivity index (χ1) is 6.84. The Bertz CT molecular complexity index is 380. The fourth-order valence-electron chi connectivity index (χ4n) is 1.25. The molecule has 0 aliphatic rings. The number of nitrogens with one attached hydrogen (secondary N) is 2. The zero-order chi connectivity index (χ0) is 9.80. The molecule has 0 aromatic carbocycles. The molecular weight excluding hydrogens is 260 g/mol. The molecule has 2 heterocycles. The highest BCUT2D eigenvalue weighted by Crippen LogP contribution is 2.21. The third-order valence-electron chi connectivity index (χ3n) is 1.92. The van der Waals surface area contributed by atoms with Gasteiger partial charge in [-0.2, -0.15) is 0 Å². The lowest BCUT2D eigenvalue weighted by Gasteiger charge is -1.99. The Labute approximate surface area is 95.5 Å². The third kappa shape index (κ3) is 2.70. The van der Waals surface area contributed by atoms with E-state index in [0.717, 1.165) is 13.1 Å². The largest absolute Gasteiger partial charge is 0.367 e. The van der Waals surface area contributed by atoms with Crippen molar-refractivity contribution in [2.75, 3.05) is 0 Å². The molecule has 0 saturated carbocycles. The van der Waals surface area contributed by atoms with Gasteiger partial charge in [-0.1, -0.05) is 0 Å². The molecule has 0 aliphatic heterocycles. The summed E-state index contributed by atoms with van der Waals surface area (Å²) in [6.45, 7) is 1.85. The van der Waals surface area contributed by atoms with Gasteiger partial charge in [0, 0.05) is 30.4 Å². The number of H-pyrrole nitrogens is 1. The van der Waals surface area contributed by atoms with Gasteiger partial charge in [-0.05, 0) is 39.7 Å². The number of halogens is 1. The first-order valence-corrected chi connectivity index (χ1v) is 6.02. The molecular formula is C10H11BrN2S. The van der Waals surface area contributed by atoms with E-state index in [2.05, 4.69) is 44.4 Å². The van der Waals surface area contributed by atoms with Gasteiger partial charge in [0.15, 0.2) is 0 Å². The zero-order valence-electron chi connectivity index (χ0n) is 7.59. The average molecular weight is 271 g/mol. The van der Waals surface area contributed by atoms with Gasteiger partial charge in [0.2, 0.25) is 0 Å². The first-order valence-electron chi connectivity index (χ1n) is 4.41. The molecule has 0 amide bonds. The molecule has 0 fully saturated rings. The number of aromatic amines is 1. The Balaban J connectivity index is 1.78. The molecule has 4 heteroatoms. The van der Waals surface area contributed by atoms with Crippen molar-refractivity contribution in [1.29, 1.82) is 0 Å². The molecule has 2 rings (SSSR count). The molecule has 0 aliphatic carbocycles. The summed E-state index contributed by atoms with van der Waals surface area (Å²) in [6.07, 6.45) is 3.95. The maximum absolute atomic E-state index is 3.45. The van der Waals surface area contributed by atoms with Crippen LogP contribution in [0.3, 0.4) is 0 Å². The average Bonchev–Trinajstić information content (AvgIpc) is 2.77. The van der Waals surface area contributed by atoms with Crippen LogP contribution in [0.5, 0.6) is 0 Å². The van der Waals surface area contributed by atoms with Crippen molar-refractivity contribution in [2.45, 2.75) is 13.1 Å². The van der Waals surface area contributed by atoms with E-state index in [-0.39, 0.29) is 0 Å². The second-order valence-electron chi connectivity index (χ2n) is 3.03. The van der Waals surface area contributed by atoms with Crippen LogP contribution >= 0.6 is 27.3 Å². The highest BCUT2D eigenvalue weighted by Gasteiger charge is 1.97. The summed E-state index contributed by atoms with van der Waals surface area (Å²) in [5, 5.41) is 3.39. The SMILES string of the molecule is Brc1ccc(CNCc2cc[nH]c2)s1. The van der Waals surface area contributed by atoms with Crippen LogP contribution < -0.4 is 5.32 Å². The van der Waals surface area contributed by atoms with E-state index < -0.39 is 0 Å². The molecule has 2 aromatic rings. The quantitative estimate of drug-likeness (QED) is 0.878. The lowest BCUT2D eigenvalue weighted by molar-refractivity contribution is 0.701. The van der Waals surface area contributed by atoms with Crippen LogP contribution in [-0.4, -0.2) is 4.98 Å². The van der Waals surface area contributed by atoms with Crippen molar-refractivity contribution in [3.05, 3.63) is 44.8 Å². The highest BCUT2D eigenvalue weighted by atomic mass is 79.9. The zero-order valence-corrected chi connectivity index (χ0v) is 9.99. The topological polar surface area (TPSA) is 27.8 Å². The molecule has 0 bridgehead atoms. The van der Waals surface area contributed by atoms with Gasteiger partial charge < -0.3 is 10.3 Å². The Morgan fingerprint density at radius 1 is 1.29 bits per heavy atom. The molecule has 2 aromatic heterocycles. The number of thiophene rings is 1. The summed E-state index contributed by atoms with van der Waals surface area (Å²) in [5.41, 5.74) is 1.29. The van der Waals surface area contributed by atoms with Gasteiger partial charge in [0.1, 0.15) is 0 Å². The van der Waals surface area contributed by atoms with E-state index >= 15 is 0 Å². The van der Waals surface area contributed by atoms with Gasteiger partial charge in [-0.25, -0.2) is 0 Å². The van der Waals surface area contributed by atoms with Gasteiger partial charge >= 0.3 is 0 Å². The molecule has 74 valence electrons. The van der Waals surface area contributed by atoms with Crippen molar-refractivity contribution in [2.24, 2.45) is 0 Å². The van der Waals surface area contributed by atoms with Crippen molar-refractivity contribution in [1.82, 2.24) is 10.3 Å². The predicted octanol–water partition coefficient (Wildman–Crippen LogP) is 3.13. The minimum atomic E-state index is 0.916. The summed E-state index contributed by atoms with van der Waals surface area (Å²) in [6, 6.07) is 6.30. The van der Waals surface area contributed by atoms with E-state index in [1.165, 1.54) is 14.2 Å². The van der Waals surface area contributed by atoms with Gasteiger partial charge in [-0.15, -0.1) is 11.3 Å². The summed E-state index contributed by atoms with van der Waals surface area (Å²) < 4.78 is 1.19. The molecule has 2 N–H and O–H groups in total. The monoisotopic (exact) mass is 270 g/mol. The molecule has 0 saturated heterocycles. The Morgan fingerprint density at radius 2 is 2.21 bits per heavy atom. The van der Waals surface area contributed by atoms with Crippen LogP contribution in [0, 0.1) is 0 Å². The van der Waals surface area contributed by atoms with E-state index in [1.54, 1.807) is 11.3 Å². The van der Waals surface area contributed by atoms with Crippen LogP contribution in [0.2, 0.25) is 0 Å². The minimum Gasteiger partial charge on any atom is -0.367 e. The highest BCUT2D eigenvalue weighted by molar-refractivity contribution is 9.11. The van der Waals surface area contributed by atoms with Crippen LogP contribution in [0.1, 0.15) is 10.4 Å². The maximum atomic E-state index is 3.45. The van der Waals surface area contributed by atoms with E-state index in [1.807, 2.05) is 12.4 Å². The predicted molar refractivity (Wildman–Crippen MR) is 63.4 cm³/mol. The van der Waals surface area contributed by atoms with Crippen molar-refractivity contribution < 1.29 is 0 Å². The summed E-state index contributed by atoms with van der Waals surface area (Å²) >= 11 is 5.22. The molecule has 2 nitrogen and oxygen atoms in total. The fraction of sp³-hybridized carbons (Fsp3) is 0.200. The Kier molecular flexibility index (Phi) is 3.39. The standard InChI is InChI=1S/C10H11BrN2S/c11-10-2-1-9(14-10)7-13-6-8-3-4-12-5-8/h1-5,12-13H,6-7H2. The third-order valence-corrected chi connectivity index (χ3v) is 3.54. The second-order valence-corrected chi connectivity index (χ2v) is 5.58. The number of hydrogen-bond donors (Lipinski definition) is 2.